The first-order valence-electron chi connectivity index (χ1n) is 4.93. The van der Waals surface area contributed by atoms with Crippen LogP contribution in [0.15, 0.2) is 0 Å². The van der Waals surface area contributed by atoms with E-state index in [0.717, 1.165) is 6.92 Å². The Morgan fingerprint density at radius 3 is 2.11 bits per heavy atom. The molecule has 0 saturated carbocycles. The third-order valence-corrected chi connectivity index (χ3v) is 2.12. The molecule has 0 aliphatic carbocycles. The molecule has 0 aromatic heterocycles. The van der Waals surface area contributed by atoms with Gasteiger partial charge in [-0.1, -0.05) is 0 Å². The van der Waals surface area contributed by atoms with E-state index in [1.807, 2.05) is 0 Å². The molecule has 18 heavy (non-hydrogen) atoms. The lowest BCUT2D eigenvalue weighted by molar-refractivity contribution is -0.283. The maximum absolute atomic E-state index is 10.7. The van der Waals surface area contributed by atoms with Gasteiger partial charge in [0.05, 0.1) is 13.0 Å². The number of rotatable bonds is 8. The topological polar surface area (TPSA) is 165 Å². The maximum Gasteiger partial charge on any atom is 0.333 e. The van der Waals surface area contributed by atoms with Crippen LogP contribution in [-0.2, 0) is 14.3 Å². The quantitative estimate of drug-likeness (QED) is 0.258. The second-order valence-corrected chi connectivity index (χ2v) is 3.79. The van der Waals surface area contributed by atoms with Gasteiger partial charge in [0.1, 0.15) is 12.2 Å². The van der Waals surface area contributed by atoms with Crippen molar-refractivity contribution in [3.8, 4) is 0 Å². The van der Waals surface area contributed by atoms with E-state index in [1.54, 1.807) is 0 Å². The summed E-state index contributed by atoms with van der Waals surface area (Å²) in [6, 6.07) is 0. The minimum Gasteiger partial charge on any atom is -0.481 e. The zero-order valence-electron chi connectivity index (χ0n) is 9.55. The van der Waals surface area contributed by atoms with Crippen molar-refractivity contribution in [3.05, 3.63) is 0 Å². The smallest absolute Gasteiger partial charge is 0.333 e. The van der Waals surface area contributed by atoms with Gasteiger partial charge >= 0.3 is 11.9 Å². The predicted molar refractivity (Wildman–Crippen MR) is 54.5 cm³/mol. The molecule has 1 unspecified atom stereocenters. The Morgan fingerprint density at radius 1 is 1.28 bits per heavy atom. The van der Waals surface area contributed by atoms with Crippen molar-refractivity contribution < 1.29 is 45.0 Å². The van der Waals surface area contributed by atoms with Gasteiger partial charge in [-0.15, -0.1) is 0 Å². The van der Waals surface area contributed by atoms with Crippen LogP contribution in [0.5, 0.6) is 0 Å². The van der Waals surface area contributed by atoms with Crippen molar-refractivity contribution in [2.75, 3.05) is 6.61 Å². The molecule has 0 heterocycles. The molecular formula is C9H16O9. The first kappa shape index (κ1) is 16.7. The molecule has 4 atom stereocenters. The van der Waals surface area contributed by atoms with Crippen molar-refractivity contribution in [2.45, 2.75) is 37.4 Å². The van der Waals surface area contributed by atoms with Crippen molar-refractivity contribution in [1.29, 1.82) is 0 Å². The zero-order chi connectivity index (χ0) is 14.5. The van der Waals surface area contributed by atoms with Crippen LogP contribution < -0.4 is 0 Å². The summed E-state index contributed by atoms with van der Waals surface area (Å²) in [5, 5.41) is 53.8. The molecule has 0 rings (SSSR count). The number of aliphatic hydroxyl groups is 4. The highest BCUT2D eigenvalue weighted by Crippen LogP contribution is 2.19. The molecule has 0 radical (unpaired) electrons. The number of carboxylic acids is 2. The number of hydrogen-bond donors (Lipinski definition) is 6. The van der Waals surface area contributed by atoms with Crippen LogP contribution in [0.25, 0.3) is 0 Å². The van der Waals surface area contributed by atoms with E-state index < -0.39 is 49.1 Å². The van der Waals surface area contributed by atoms with E-state index in [4.69, 9.17) is 20.4 Å². The predicted octanol–water partition coefficient (Wildman–Crippen LogP) is -2.65. The van der Waals surface area contributed by atoms with Gasteiger partial charge in [0.25, 0.3) is 0 Å². The fraction of sp³-hybridized carbons (Fsp3) is 0.778. The number of aliphatic hydroxyl groups excluding tert-OH is 3. The van der Waals surface area contributed by atoms with E-state index >= 15 is 0 Å². The van der Waals surface area contributed by atoms with Gasteiger partial charge in [0.2, 0.25) is 0 Å². The van der Waals surface area contributed by atoms with E-state index in [2.05, 4.69) is 4.74 Å². The lowest BCUT2D eigenvalue weighted by atomic mass is 10.1. The molecule has 106 valence electrons. The Labute approximate surface area is 102 Å². The largest absolute Gasteiger partial charge is 0.481 e. The summed E-state index contributed by atoms with van der Waals surface area (Å²) in [5.41, 5.74) is 0. The molecule has 6 N–H and O–H groups in total. The third kappa shape index (κ3) is 4.94. The Hall–Kier alpha value is -1.26. The zero-order valence-corrected chi connectivity index (χ0v) is 9.55. The number of carboxylic acid groups (broad SMARTS) is 2. The van der Waals surface area contributed by atoms with Crippen molar-refractivity contribution in [3.63, 3.8) is 0 Å². The molecule has 0 aromatic rings. The van der Waals surface area contributed by atoms with Crippen LogP contribution in [0.4, 0.5) is 0 Å². The molecule has 0 spiro atoms. The Morgan fingerprint density at radius 2 is 1.78 bits per heavy atom. The van der Waals surface area contributed by atoms with E-state index in [-0.39, 0.29) is 0 Å². The van der Waals surface area contributed by atoms with Gasteiger partial charge in [0, 0.05) is 0 Å². The van der Waals surface area contributed by atoms with Crippen LogP contribution in [0, 0.1) is 0 Å². The summed E-state index contributed by atoms with van der Waals surface area (Å²) in [6.45, 7) is -0.0499. The van der Waals surface area contributed by atoms with Crippen molar-refractivity contribution >= 4 is 11.9 Å². The summed E-state index contributed by atoms with van der Waals surface area (Å²) in [7, 11) is 0. The number of aliphatic carboxylic acids is 2. The first-order chi connectivity index (χ1) is 8.11. The molecule has 0 fully saturated rings. The molecule has 9 heteroatoms. The fourth-order valence-corrected chi connectivity index (χ4v) is 1.15. The van der Waals surface area contributed by atoms with Gasteiger partial charge < -0.3 is 35.4 Å². The van der Waals surface area contributed by atoms with Crippen LogP contribution in [0.1, 0.15) is 13.3 Å². The van der Waals surface area contributed by atoms with Gasteiger partial charge in [-0.05, 0) is 6.92 Å². The standard InChI is InChI=1S/C9H16O9/c1-9(17,7(14)4(11)3-10)18-5(8(15)16)2-6(12)13/h4-5,7,10-11,14,17H,2-3H2,1H3,(H,12,13)(H,15,16)/t4-,5?,7+,9+/m1/s1. The highest BCUT2D eigenvalue weighted by Gasteiger charge is 2.40. The van der Waals surface area contributed by atoms with Crippen LogP contribution in [-0.4, -0.2) is 73.3 Å². The average molecular weight is 268 g/mol. The molecule has 0 amide bonds. The number of carbonyl (C=O) groups is 2. The highest BCUT2D eigenvalue weighted by atomic mass is 16.7. The average Bonchev–Trinajstić information content (AvgIpc) is 2.24. The summed E-state index contributed by atoms with van der Waals surface area (Å²) in [6.07, 6.45) is -6.61. The number of hydrogen-bond acceptors (Lipinski definition) is 7. The van der Waals surface area contributed by atoms with Gasteiger partial charge in [-0.25, -0.2) is 4.79 Å². The molecule has 0 aliphatic heterocycles. The molecule has 0 bridgehead atoms. The van der Waals surface area contributed by atoms with Crippen molar-refractivity contribution in [2.24, 2.45) is 0 Å². The van der Waals surface area contributed by atoms with E-state index in [1.165, 1.54) is 0 Å². The van der Waals surface area contributed by atoms with Crippen LogP contribution in [0.2, 0.25) is 0 Å². The lowest BCUT2D eigenvalue weighted by Crippen LogP contribution is -2.53. The number of ether oxygens (including phenoxy) is 1. The normalized spacial score (nSPS) is 19.6. The summed E-state index contributed by atoms with van der Waals surface area (Å²) < 4.78 is 4.55. The second kappa shape index (κ2) is 6.61. The third-order valence-electron chi connectivity index (χ3n) is 2.12. The van der Waals surface area contributed by atoms with Gasteiger partial charge in [-0.3, -0.25) is 4.79 Å². The SMILES string of the molecule is C[C@](O)(OC(CC(=O)O)C(=O)O)[C@@H](O)[C@H](O)CO. The summed E-state index contributed by atoms with van der Waals surface area (Å²) >= 11 is 0. The Kier molecular flexibility index (Phi) is 6.15. The molecule has 0 saturated heterocycles. The van der Waals surface area contributed by atoms with E-state index in [0.29, 0.717) is 0 Å². The lowest BCUT2D eigenvalue weighted by Gasteiger charge is -2.33. The monoisotopic (exact) mass is 268 g/mol. The Bertz CT molecular complexity index is 300. The second-order valence-electron chi connectivity index (χ2n) is 3.79. The summed E-state index contributed by atoms with van der Waals surface area (Å²) in [4.78, 5) is 21.1. The highest BCUT2D eigenvalue weighted by molar-refractivity contribution is 5.79. The molecule has 9 nitrogen and oxygen atoms in total. The summed E-state index contributed by atoms with van der Waals surface area (Å²) in [5.74, 6) is -5.65. The van der Waals surface area contributed by atoms with Gasteiger partial charge in [0.15, 0.2) is 11.9 Å². The fourth-order valence-electron chi connectivity index (χ4n) is 1.15. The van der Waals surface area contributed by atoms with E-state index in [9.17, 15) is 19.8 Å². The molecule has 0 aliphatic rings. The van der Waals surface area contributed by atoms with Crippen LogP contribution in [0.3, 0.4) is 0 Å². The molecule has 0 aromatic carbocycles. The van der Waals surface area contributed by atoms with Gasteiger partial charge in [-0.2, -0.15) is 0 Å². The first-order valence-corrected chi connectivity index (χ1v) is 4.93. The van der Waals surface area contributed by atoms with Crippen molar-refractivity contribution in [1.82, 2.24) is 0 Å². The Balaban J connectivity index is 4.79. The maximum atomic E-state index is 10.7. The minimum atomic E-state index is -2.53. The molecular weight excluding hydrogens is 252 g/mol. The van der Waals surface area contributed by atoms with Crippen LogP contribution >= 0.6 is 0 Å². The minimum absolute atomic E-state index is 0.842.